The first kappa shape index (κ1) is 11.5. The van der Waals surface area contributed by atoms with Crippen LogP contribution < -0.4 is 0 Å². The van der Waals surface area contributed by atoms with Crippen molar-refractivity contribution in [3.8, 4) is 0 Å². The molecule has 0 aromatic heterocycles. The second-order valence-corrected chi connectivity index (χ2v) is 4.52. The summed E-state index contributed by atoms with van der Waals surface area (Å²) in [5.74, 6) is -0.865. The Balaban J connectivity index is 2.13. The van der Waals surface area contributed by atoms with E-state index in [0.717, 1.165) is 19.4 Å². The summed E-state index contributed by atoms with van der Waals surface area (Å²) in [6.45, 7) is 3.45. The number of nitrogens with zero attached hydrogens (tertiary/aromatic N) is 1. The highest BCUT2D eigenvalue weighted by Crippen LogP contribution is 2.21. The Morgan fingerprint density at radius 3 is 2.56 bits per heavy atom. The summed E-state index contributed by atoms with van der Waals surface area (Å²) in [6.07, 6.45) is 3.47. The van der Waals surface area contributed by atoms with Crippen molar-refractivity contribution in [2.75, 3.05) is 6.54 Å². The van der Waals surface area contributed by atoms with Crippen LogP contribution in [0.25, 0.3) is 0 Å². The first-order valence-electron chi connectivity index (χ1n) is 5.85. The Morgan fingerprint density at radius 1 is 1.25 bits per heavy atom. The molecule has 1 fully saturated rings. The maximum Gasteiger partial charge on any atom is 0.130 e. The van der Waals surface area contributed by atoms with Crippen LogP contribution in [0.2, 0.25) is 0 Å². The zero-order valence-electron chi connectivity index (χ0n) is 9.55. The van der Waals surface area contributed by atoms with Gasteiger partial charge in [-0.15, -0.1) is 0 Å². The molecule has 16 heavy (non-hydrogen) atoms. The summed E-state index contributed by atoms with van der Waals surface area (Å²) in [5, 5.41) is 0. The Kier molecular flexibility index (Phi) is 3.54. The van der Waals surface area contributed by atoms with Gasteiger partial charge in [0.05, 0.1) is 0 Å². The van der Waals surface area contributed by atoms with E-state index in [1.165, 1.54) is 24.6 Å². The van der Waals surface area contributed by atoms with Crippen molar-refractivity contribution in [1.29, 1.82) is 0 Å². The molecule has 3 heteroatoms. The molecule has 0 amide bonds. The van der Waals surface area contributed by atoms with E-state index >= 15 is 0 Å². The molecular weight excluding hydrogens is 208 g/mol. The van der Waals surface area contributed by atoms with Crippen molar-refractivity contribution < 1.29 is 8.78 Å². The summed E-state index contributed by atoms with van der Waals surface area (Å²) in [6, 6.07) is 4.49. The fraction of sp³-hybridized carbons (Fsp3) is 0.538. The predicted octanol–water partition coefficient (Wildman–Crippen LogP) is 3.34. The van der Waals surface area contributed by atoms with E-state index in [9.17, 15) is 8.78 Å². The van der Waals surface area contributed by atoms with Crippen LogP contribution in [0.1, 0.15) is 31.7 Å². The van der Waals surface area contributed by atoms with Crippen LogP contribution in [0, 0.1) is 11.6 Å². The molecule has 1 nitrogen and oxygen atoms in total. The number of benzene rings is 1. The zero-order chi connectivity index (χ0) is 11.5. The van der Waals surface area contributed by atoms with Gasteiger partial charge in [0.2, 0.25) is 0 Å². The fourth-order valence-electron chi connectivity index (χ4n) is 2.28. The highest BCUT2D eigenvalue weighted by atomic mass is 19.1. The van der Waals surface area contributed by atoms with E-state index in [1.807, 2.05) is 0 Å². The van der Waals surface area contributed by atoms with Gasteiger partial charge >= 0.3 is 0 Å². The van der Waals surface area contributed by atoms with Crippen LogP contribution in [-0.2, 0) is 6.54 Å². The van der Waals surface area contributed by atoms with Crippen LogP contribution in [0.5, 0.6) is 0 Å². The van der Waals surface area contributed by atoms with Gasteiger partial charge in [0, 0.05) is 18.2 Å². The molecular formula is C13H17F2N. The van der Waals surface area contributed by atoms with Gasteiger partial charge in [-0.2, -0.15) is 0 Å². The summed E-state index contributed by atoms with van der Waals surface area (Å²) < 4.78 is 26.9. The van der Waals surface area contributed by atoms with E-state index in [0.29, 0.717) is 12.6 Å². The highest BCUT2D eigenvalue weighted by Gasteiger charge is 2.20. The number of hydrogen-bond acceptors (Lipinski definition) is 1. The summed E-state index contributed by atoms with van der Waals surface area (Å²) in [4.78, 5) is 2.16. The van der Waals surface area contributed by atoms with Gasteiger partial charge in [-0.1, -0.05) is 12.5 Å². The van der Waals surface area contributed by atoms with Gasteiger partial charge in [-0.05, 0) is 38.4 Å². The lowest BCUT2D eigenvalue weighted by molar-refractivity contribution is 0.149. The zero-order valence-corrected chi connectivity index (χ0v) is 9.55. The van der Waals surface area contributed by atoms with Crippen LogP contribution >= 0.6 is 0 Å². The maximum absolute atomic E-state index is 13.5. The quantitative estimate of drug-likeness (QED) is 0.746. The van der Waals surface area contributed by atoms with Gasteiger partial charge in [0.1, 0.15) is 11.6 Å². The molecule has 1 aromatic carbocycles. The normalized spacial score (nSPS) is 22.3. The lowest BCUT2D eigenvalue weighted by Crippen LogP contribution is -2.37. The molecule has 88 valence electrons. The smallest absolute Gasteiger partial charge is 0.130 e. The summed E-state index contributed by atoms with van der Waals surface area (Å²) in [7, 11) is 0. The summed E-state index contributed by atoms with van der Waals surface area (Å²) >= 11 is 0. The van der Waals surface area contributed by atoms with E-state index in [4.69, 9.17) is 0 Å². The number of piperidine rings is 1. The number of likely N-dealkylation sites (tertiary alicyclic amines) is 1. The topological polar surface area (TPSA) is 3.24 Å². The molecule has 1 atom stereocenters. The van der Waals surface area contributed by atoms with Gasteiger partial charge in [0.25, 0.3) is 0 Å². The molecule has 0 radical (unpaired) electrons. The monoisotopic (exact) mass is 225 g/mol. The van der Waals surface area contributed by atoms with Gasteiger partial charge in [-0.3, -0.25) is 4.90 Å². The SMILES string of the molecule is CC1CCCCN1Cc1c(F)cccc1F. The Morgan fingerprint density at radius 2 is 1.94 bits per heavy atom. The molecule has 0 saturated carbocycles. The Hall–Kier alpha value is -0.960. The molecule has 0 aliphatic carbocycles. The van der Waals surface area contributed by atoms with Crippen LogP contribution in [0.3, 0.4) is 0 Å². The average molecular weight is 225 g/mol. The molecule has 1 aromatic rings. The first-order valence-corrected chi connectivity index (χ1v) is 5.85. The standard InChI is InChI=1S/C13H17F2N/c1-10-5-2-3-8-16(10)9-11-12(14)6-4-7-13(11)15/h4,6-7,10H,2-3,5,8-9H2,1H3. The predicted molar refractivity (Wildman–Crippen MR) is 60.1 cm³/mol. The van der Waals surface area contributed by atoms with Crippen molar-refractivity contribution in [3.05, 3.63) is 35.4 Å². The lowest BCUT2D eigenvalue weighted by Gasteiger charge is -2.33. The van der Waals surface area contributed by atoms with E-state index in [2.05, 4.69) is 11.8 Å². The number of hydrogen-bond donors (Lipinski definition) is 0. The van der Waals surface area contributed by atoms with E-state index < -0.39 is 11.6 Å². The fourth-order valence-corrected chi connectivity index (χ4v) is 2.28. The lowest BCUT2D eigenvalue weighted by atomic mass is 10.0. The molecule has 1 heterocycles. The molecule has 2 rings (SSSR count). The molecule has 1 aliphatic rings. The second-order valence-electron chi connectivity index (χ2n) is 4.52. The molecule has 1 saturated heterocycles. The summed E-state index contributed by atoms with van der Waals surface area (Å²) in [5.41, 5.74) is 0.205. The minimum Gasteiger partial charge on any atom is -0.296 e. The minimum atomic E-state index is -0.433. The molecule has 1 unspecified atom stereocenters. The van der Waals surface area contributed by atoms with Crippen molar-refractivity contribution in [1.82, 2.24) is 4.90 Å². The third kappa shape index (κ3) is 2.40. The van der Waals surface area contributed by atoms with Crippen molar-refractivity contribution in [2.24, 2.45) is 0 Å². The van der Waals surface area contributed by atoms with Crippen LogP contribution in [0.15, 0.2) is 18.2 Å². The third-order valence-corrected chi connectivity index (χ3v) is 3.36. The molecule has 0 N–H and O–H groups in total. The second kappa shape index (κ2) is 4.91. The molecule has 0 spiro atoms. The average Bonchev–Trinajstić information content (AvgIpc) is 2.26. The van der Waals surface area contributed by atoms with Crippen LogP contribution in [-0.4, -0.2) is 17.5 Å². The highest BCUT2D eigenvalue weighted by molar-refractivity contribution is 5.19. The molecule has 0 bridgehead atoms. The van der Waals surface area contributed by atoms with E-state index in [1.54, 1.807) is 0 Å². The largest absolute Gasteiger partial charge is 0.296 e. The molecule has 1 aliphatic heterocycles. The van der Waals surface area contributed by atoms with Crippen molar-refractivity contribution in [3.63, 3.8) is 0 Å². The third-order valence-electron chi connectivity index (χ3n) is 3.36. The number of halogens is 2. The minimum absolute atomic E-state index is 0.205. The van der Waals surface area contributed by atoms with Gasteiger partial charge in [-0.25, -0.2) is 8.78 Å². The van der Waals surface area contributed by atoms with Crippen LogP contribution in [0.4, 0.5) is 8.78 Å². The van der Waals surface area contributed by atoms with Gasteiger partial charge < -0.3 is 0 Å². The number of rotatable bonds is 2. The Bertz CT molecular complexity index is 345. The van der Waals surface area contributed by atoms with Crippen molar-refractivity contribution >= 4 is 0 Å². The first-order chi connectivity index (χ1) is 7.68. The van der Waals surface area contributed by atoms with Crippen molar-refractivity contribution in [2.45, 2.75) is 38.8 Å². The maximum atomic E-state index is 13.5. The Labute approximate surface area is 95.1 Å². The van der Waals surface area contributed by atoms with Gasteiger partial charge in [0.15, 0.2) is 0 Å². The van der Waals surface area contributed by atoms with E-state index in [-0.39, 0.29) is 5.56 Å².